The van der Waals surface area contributed by atoms with Crippen LogP contribution in [0.5, 0.6) is 0 Å². The molecule has 0 bridgehead atoms. The van der Waals surface area contributed by atoms with Crippen LogP contribution in [-0.2, 0) is 20.5 Å². The monoisotopic (exact) mass is 659 g/mol. The van der Waals surface area contributed by atoms with Crippen LogP contribution in [0.15, 0.2) is 72.8 Å². The van der Waals surface area contributed by atoms with E-state index in [2.05, 4.69) is 13.0 Å². The first-order chi connectivity index (χ1) is 21.8. The van der Waals surface area contributed by atoms with Gasteiger partial charge in [-0.3, -0.25) is 9.59 Å². The minimum atomic E-state index is -0.784. The van der Waals surface area contributed by atoms with Gasteiger partial charge in [0.15, 0.2) is 0 Å². The van der Waals surface area contributed by atoms with Gasteiger partial charge in [-0.1, -0.05) is 37.0 Å². The number of carbonyl (C=O) groups is 2. The van der Waals surface area contributed by atoms with E-state index in [4.69, 9.17) is 28.5 Å². The number of nitriles is 1. The van der Waals surface area contributed by atoms with Crippen molar-refractivity contribution in [2.24, 2.45) is 14.1 Å². The summed E-state index contributed by atoms with van der Waals surface area (Å²) in [6, 6.07) is 21.2. The van der Waals surface area contributed by atoms with Gasteiger partial charge in [0.2, 0.25) is 11.6 Å². The van der Waals surface area contributed by atoms with Gasteiger partial charge in [-0.25, -0.2) is 8.78 Å². The lowest BCUT2D eigenvalue weighted by atomic mass is 9.95. The van der Waals surface area contributed by atoms with Crippen LogP contribution in [0.25, 0.3) is 0 Å². The Bertz CT molecular complexity index is 1940. The topological polar surface area (TPSA) is 67.8 Å². The molecule has 2 heterocycles. The summed E-state index contributed by atoms with van der Waals surface area (Å²) in [5.74, 6) is -2.37. The number of carbonyl (C=O) groups excluding carboxylic acids is 2. The number of aryl methyl sites for hydroxylation is 3. The average molecular weight is 661 g/mol. The molecule has 5 nitrogen and oxygen atoms in total. The standard InChI is InChI=1S/C22H17ClF2N2O.C15H16ClNO/c1-12-8-19(13(2)20-17(24)9-14(11-26)10-18(20)25)27(3)21(12)22(28)15-4-6-16(23)7-5-15;1-4-13-9-10(2)14(17(13)3)15(18)11-5-7-12(16)8-6-11/h4-10,13H,1-3H3;5-9H,4H2,1-3H3. The first-order valence-corrected chi connectivity index (χ1v) is 15.4. The second kappa shape index (κ2) is 14.3. The third kappa shape index (κ3) is 6.99. The Balaban J connectivity index is 0.000000230. The fourth-order valence-corrected chi connectivity index (χ4v) is 5.96. The molecule has 0 saturated heterocycles. The number of hydrogen-bond acceptors (Lipinski definition) is 3. The Hall–Kier alpha value is -4.51. The number of ketones is 2. The summed E-state index contributed by atoms with van der Waals surface area (Å²) in [6.45, 7) is 7.51. The molecule has 0 amide bonds. The third-order valence-electron chi connectivity index (χ3n) is 8.07. The second-order valence-electron chi connectivity index (χ2n) is 11.1. The first kappa shape index (κ1) is 34.4. The van der Waals surface area contributed by atoms with E-state index in [0.29, 0.717) is 38.1 Å². The molecule has 2 aromatic heterocycles. The molecule has 1 atom stereocenters. The Morgan fingerprint density at radius 3 is 1.63 bits per heavy atom. The minimum Gasteiger partial charge on any atom is -0.345 e. The van der Waals surface area contributed by atoms with Crippen LogP contribution in [-0.4, -0.2) is 20.7 Å². The molecule has 0 aliphatic carbocycles. The zero-order valence-electron chi connectivity index (χ0n) is 26.4. The van der Waals surface area contributed by atoms with E-state index in [9.17, 15) is 18.4 Å². The largest absolute Gasteiger partial charge is 0.345 e. The highest BCUT2D eigenvalue weighted by molar-refractivity contribution is 6.31. The number of rotatable bonds is 7. The van der Waals surface area contributed by atoms with Gasteiger partial charge < -0.3 is 9.13 Å². The zero-order chi connectivity index (χ0) is 33.9. The van der Waals surface area contributed by atoms with E-state index in [-0.39, 0.29) is 22.7 Å². The van der Waals surface area contributed by atoms with Gasteiger partial charge in [-0.2, -0.15) is 5.26 Å². The molecule has 0 aliphatic heterocycles. The van der Waals surface area contributed by atoms with E-state index in [1.807, 2.05) is 18.5 Å². The average Bonchev–Trinajstić information content (AvgIpc) is 3.49. The van der Waals surface area contributed by atoms with Crippen LogP contribution < -0.4 is 0 Å². The van der Waals surface area contributed by atoms with Crippen molar-refractivity contribution in [2.75, 3.05) is 0 Å². The SMILES string of the molecule is CCc1cc(C)c(C(=O)c2ccc(Cl)cc2)n1C.Cc1cc(C(C)c2c(F)cc(C#N)cc2F)n(C)c1C(=O)c1ccc(Cl)cc1. The molecular formula is C37H33Cl2F2N3O2. The van der Waals surface area contributed by atoms with Crippen molar-refractivity contribution in [1.82, 2.24) is 9.13 Å². The third-order valence-corrected chi connectivity index (χ3v) is 8.58. The molecule has 5 rings (SSSR count). The molecule has 0 spiro atoms. The maximum absolute atomic E-state index is 14.5. The van der Waals surface area contributed by atoms with E-state index in [0.717, 1.165) is 29.8 Å². The van der Waals surface area contributed by atoms with Crippen molar-refractivity contribution >= 4 is 34.8 Å². The molecule has 0 radical (unpaired) electrons. The molecule has 5 aromatic rings. The first-order valence-electron chi connectivity index (χ1n) is 14.6. The van der Waals surface area contributed by atoms with Crippen molar-refractivity contribution in [3.05, 3.63) is 151 Å². The molecule has 0 fully saturated rings. The molecule has 1 unspecified atom stereocenters. The fraction of sp³-hybridized carbons (Fsp3) is 0.216. The summed E-state index contributed by atoms with van der Waals surface area (Å²) >= 11 is 11.7. The second-order valence-corrected chi connectivity index (χ2v) is 12.0. The van der Waals surface area contributed by atoms with Crippen LogP contribution in [0.4, 0.5) is 8.78 Å². The molecule has 0 saturated carbocycles. The molecule has 9 heteroatoms. The number of hydrogen-bond donors (Lipinski definition) is 0. The number of nitrogens with zero attached hydrogens (tertiary/aromatic N) is 3. The van der Waals surface area contributed by atoms with E-state index in [1.165, 1.54) is 5.69 Å². The van der Waals surface area contributed by atoms with Gasteiger partial charge in [0.05, 0.1) is 23.0 Å². The predicted molar refractivity (Wildman–Crippen MR) is 178 cm³/mol. The van der Waals surface area contributed by atoms with Gasteiger partial charge in [0, 0.05) is 58.1 Å². The highest BCUT2D eigenvalue weighted by atomic mass is 35.5. The molecule has 0 N–H and O–H groups in total. The van der Waals surface area contributed by atoms with Crippen LogP contribution in [0, 0.1) is 36.8 Å². The lowest BCUT2D eigenvalue weighted by Gasteiger charge is -2.16. The van der Waals surface area contributed by atoms with Gasteiger partial charge >= 0.3 is 0 Å². The summed E-state index contributed by atoms with van der Waals surface area (Å²) in [5, 5.41) is 10.0. The zero-order valence-corrected chi connectivity index (χ0v) is 27.9. The Morgan fingerprint density at radius 1 is 0.783 bits per heavy atom. The fourth-order valence-electron chi connectivity index (χ4n) is 5.71. The Morgan fingerprint density at radius 2 is 1.22 bits per heavy atom. The molecule has 3 aromatic carbocycles. The normalized spacial score (nSPS) is 11.4. The molecular weight excluding hydrogens is 627 g/mol. The maximum atomic E-state index is 14.5. The van der Waals surface area contributed by atoms with Crippen molar-refractivity contribution in [3.8, 4) is 6.07 Å². The van der Waals surface area contributed by atoms with Gasteiger partial charge in [-0.05, 0) is 104 Å². The molecule has 46 heavy (non-hydrogen) atoms. The summed E-state index contributed by atoms with van der Waals surface area (Å²) in [7, 11) is 3.64. The van der Waals surface area contributed by atoms with E-state index < -0.39 is 17.6 Å². The smallest absolute Gasteiger partial charge is 0.209 e. The lowest BCUT2D eigenvalue weighted by molar-refractivity contribution is 0.102. The number of aromatic nitrogens is 2. The van der Waals surface area contributed by atoms with E-state index >= 15 is 0 Å². The molecule has 236 valence electrons. The maximum Gasteiger partial charge on any atom is 0.209 e. The quantitative estimate of drug-likeness (QED) is 0.164. The number of benzene rings is 3. The van der Waals surface area contributed by atoms with Gasteiger partial charge in [0.1, 0.15) is 11.6 Å². The van der Waals surface area contributed by atoms with Crippen LogP contribution in [0.3, 0.4) is 0 Å². The summed E-state index contributed by atoms with van der Waals surface area (Å²) in [6.07, 6.45) is 0.922. The van der Waals surface area contributed by atoms with Crippen LogP contribution in [0.1, 0.15) is 85.5 Å². The van der Waals surface area contributed by atoms with E-state index in [1.54, 1.807) is 86.1 Å². The van der Waals surface area contributed by atoms with Crippen molar-refractivity contribution in [3.63, 3.8) is 0 Å². The van der Waals surface area contributed by atoms with Crippen molar-refractivity contribution in [2.45, 2.75) is 40.0 Å². The van der Waals surface area contributed by atoms with Gasteiger partial charge in [0.25, 0.3) is 0 Å². The minimum absolute atomic E-state index is 0.0476. The Kier molecular flexibility index (Phi) is 10.7. The number of halogens is 4. The lowest BCUT2D eigenvalue weighted by Crippen LogP contribution is -2.13. The van der Waals surface area contributed by atoms with Crippen LogP contribution in [0.2, 0.25) is 10.0 Å². The predicted octanol–water partition coefficient (Wildman–Crippen LogP) is 9.30. The molecule has 0 aliphatic rings. The van der Waals surface area contributed by atoms with Gasteiger partial charge in [-0.15, -0.1) is 0 Å². The summed E-state index contributed by atoms with van der Waals surface area (Å²) < 4.78 is 32.5. The highest BCUT2D eigenvalue weighted by Crippen LogP contribution is 2.32. The summed E-state index contributed by atoms with van der Waals surface area (Å²) in [4.78, 5) is 25.4. The summed E-state index contributed by atoms with van der Waals surface area (Å²) in [5.41, 5.74) is 5.63. The highest BCUT2D eigenvalue weighted by Gasteiger charge is 2.26. The van der Waals surface area contributed by atoms with Crippen molar-refractivity contribution < 1.29 is 18.4 Å². The van der Waals surface area contributed by atoms with Crippen LogP contribution >= 0.6 is 23.2 Å². The van der Waals surface area contributed by atoms with Crippen molar-refractivity contribution in [1.29, 1.82) is 5.26 Å². The Labute approximate surface area is 277 Å².